The van der Waals surface area contributed by atoms with Gasteiger partial charge in [-0.15, -0.1) is 11.3 Å². The van der Waals surface area contributed by atoms with Gasteiger partial charge in [0, 0.05) is 23.4 Å². The van der Waals surface area contributed by atoms with Gasteiger partial charge < -0.3 is 4.52 Å². The Bertz CT molecular complexity index is 578. The number of aromatic nitrogens is 1. The van der Waals surface area contributed by atoms with Gasteiger partial charge in [-0.1, -0.05) is 19.0 Å². The van der Waals surface area contributed by atoms with Crippen LogP contribution in [0.15, 0.2) is 26.5 Å². The Kier molecular flexibility index (Phi) is 4.29. The second-order valence-electron chi connectivity index (χ2n) is 5.64. The molecule has 0 saturated carbocycles. The second kappa shape index (κ2) is 6.00. The third kappa shape index (κ3) is 3.00. The van der Waals surface area contributed by atoms with E-state index in [1.54, 1.807) is 0 Å². The summed E-state index contributed by atoms with van der Waals surface area (Å²) in [4.78, 5) is 3.91. The van der Waals surface area contributed by atoms with Gasteiger partial charge in [0.1, 0.15) is 11.5 Å². The smallest absolute Gasteiger partial charge is 0.139 e. The monoisotopic (exact) mass is 354 g/mol. The van der Waals surface area contributed by atoms with Gasteiger partial charge in [-0.2, -0.15) is 0 Å². The maximum absolute atomic E-state index is 5.46. The zero-order chi connectivity index (χ0) is 14.1. The number of likely N-dealkylation sites (tertiary alicyclic amines) is 1. The third-order valence-corrected chi connectivity index (χ3v) is 5.42. The van der Waals surface area contributed by atoms with Gasteiger partial charge in [-0.3, -0.25) is 4.90 Å². The van der Waals surface area contributed by atoms with Crippen molar-refractivity contribution in [3.63, 3.8) is 0 Å². The van der Waals surface area contributed by atoms with Crippen molar-refractivity contribution in [1.82, 2.24) is 10.1 Å². The zero-order valence-electron chi connectivity index (χ0n) is 11.8. The maximum atomic E-state index is 5.46. The van der Waals surface area contributed by atoms with E-state index in [2.05, 4.69) is 58.0 Å². The molecular weight excluding hydrogens is 336 g/mol. The molecule has 1 aliphatic heterocycles. The lowest BCUT2D eigenvalue weighted by molar-refractivity contribution is 0.238. The normalized spacial score (nSPS) is 20.1. The van der Waals surface area contributed by atoms with E-state index in [1.807, 2.05) is 11.3 Å². The molecule has 3 heterocycles. The highest BCUT2D eigenvalue weighted by Crippen LogP contribution is 2.35. The highest BCUT2D eigenvalue weighted by molar-refractivity contribution is 9.11. The van der Waals surface area contributed by atoms with Crippen LogP contribution in [-0.4, -0.2) is 16.6 Å². The summed E-state index contributed by atoms with van der Waals surface area (Å²) in [5.41, 5.74) is 1.10. The van der Waals surface area contributed by atoms with Crippen molar-refractivity contribution >= 4 is 27.3 Å². The summed E-state index contributed by atoms with van der Waals surface area (Å²) in [6, 6.07) is 6.87. The number of rotatable bonds is 4. The molecule has 1 atom stereocenters. The van der Waals surface area contributed by atoms with Gasteiger partial charge in [0.05, 0.1) is 9.83 Å². The van der Waals surface area contributed by atoms with Crippen LogP contribution >= 0.6 is 27.3 Å². The molecule has 2 aromatic rings. The van der Waals surface area contributed by atoms with Crippen molar-refractivity contribution in [2.24, 2.45) is 0 Å². The van der Waals surface area contributed by atoms with E-state index < -0.39 is 0 Å². The van der Waals surface area contributed by atoms with Gasteiger partial charge in [0.2, 0.25) is 0 Å². The Morgan fingerprint density at radius 2 is 2.35 bits per heavy atom. The Hall–Kier alpha value is -0.650. The molecule has 1 fully saturated rings. The van der Waals surface area contributed by atoms with Crippen LogP contribution in [0.3, 0.4) is 0 Å². The molecule has 0 N–H and O–H groups in total. The van der Waals surface area contributed by atoms with E-state index in [-0.39, 0.29) is 0 Å². The number of halogens is 1. The molecule has 5 heteroatoms. The first-order valence-electron chi connectivity index (χ1n) is 7.08. The van der Waals surface area contributed by atoms with Crippen LogP contribution in [0.2, 0.25) is 0 Å². The predicted molar refractivity (Wildman–Crippen MR) is 85.0 cm³/mol. The van der Waals surface area contributed by atoms with Crippen LogP contribution in [0.4, 0.5) is 0 Å². The van der Waals surface area contributed by atoms with E-state index in [4.69, 9.17) is 4.52 Å². The van der Waals surface area contributed by atoms with Crippen LogP contribution in [0, 0.1) is 0 Å². The van der Waals surface area contributed by atoms with Crippen LogP contribution in [0.25, 0.3) is 0 Å². The molecule has 0 unspecified atom stereocenters. The van der Waals surface area contributed by atoms with Crippen molar-refractivity contribution in [1.29, 1.82) is 0 Å². The first-order chi connectivity index (χ1) is 9.63. The average Bonchev–Trinajstić information content (AvgIpc) is 3.10. The molecule has 108 valence electrons. The van der Waals surface area contributed by atoms with Gasteiger partial charge in [0.25, 0.3) is 0 Å². The summed E-state index contributed by atoms with van der Waals surface area (Å²) in [6.07, 6.45) is 2.41. The van der Waals surface area contributed by atoms with Crippen molar-refractivity contribution in [3.05, 3.63) is 38.3 Å². The SMILES string of the molecule is CC(C)c1cc([C@@H]2CCCN2Cc2ccc(Br)s2)no1. The second-order valence-corrected chi connectivity index (χ2v) is 8.19. The molecule has 0 spiro atoms. The van der Waals surface area contributed by atoms with Crippen LogP contribution in [-0.2, 0) is 6.54 Å². The summed E-state index contributed by atoms with van der Waals surface area (Å²) >= 11 is 5.35. The quantitative estimate of drug-likeness (QED) is 0.776. The van der Waals surface area contributed by atoms with Crippen molar-refractivity contribution < 1.29 is 4.52 Å². The molecule has 0 radical (unpaired) electrons. The topological polar surface area (TPSA) is 29.3 Å². The van der Waals surface area contributed by atoms with E-state index >= 15 is 0 Å². The first kappa shape index (κ1) is 14.3. The van der Waals surface area contributed by atoms with Crippen molar-refractivity contribution in [2.45, 2.75) is 45.2 Å². The van der Waals surface area contributed by atoms with Gasteiger partial charge in [-0.25, -0.2) is 0 Å². The van der Waals surface area contributed by atoms with Crippen molar-refractivity contribution in [2.75, 3.05) is 6.54 Å². The minimum absolute atomic E-state index is 0.402. The zero-order valence-corrected chi connectivity index (χ0v) is 14.2. The fraction of sp³-hybridized carbons (Fsp3) is 0.533. The molecule has 1 saturated heterocycles. The molecule has 3 nitrogen and oxygen atoms in total. The lowest BCUT2D eigenvalue weighted by Gasteiger charge is -2.21. The van der Waals surface area contributed by atoms with Gasteiger partial charge in [0.15, 0.2) is 0 Å². The van der Waals surface area contributed by atoms with Gasteiger partial charge >= 0.3 is 0 Å². The van der Waals surface area contributed by atoms with E-state index in [0.717, 1.165) is 24.5 Å². The standard InChI is InChI=1S/C15H19BrN2OS/c1-10(2)14-8-12(17-19-14)13-4-3-7-18(13)9-11-5-6-15(16)20-11/h5-6,8,10,13H,3-4,7,9H2,1-2H3/t13-/m0/s1. The Morgan fingerprint density at radius 3 is 3.00 bits per heavy atom. The van der Waals surface area contributed by atoms with Crippen LogP contribution in [0.5, 0.6) is 0 Å². The predicted octanol–water partition coefficient (Wildman–Crippen LogP) is 4.96. The van der Waals surface area contributed by atoms with Crippen molar-refractivity contribution in [3.8, 4) is 0 Å². The van der Waals surface area contributed by atoms with Crippen LogP contribution in [0.1, 0.15) is 55.0 Å². The van der Waals surface area contributed by atoms with E-state index in [9.17, 15) is 0 Å². The molecule has 20 heavy (non-hydrogen) atoms. The molecule has 0 aromatic carbocycles. The summed E-state index contributed by atoms with van der Waals surface area (Å²) in [6.45, 7) is 6.43. The minimum Gasteiger partial charge on any atom is -0.361 e. The minimum atomic E-state index is 0.402. The Morgan fingerprint density at radius 1 is 1.50 bits per heavy atom. The molecule has 0 aliphatic carbocycles. The average molecular weight is 355 g/mol. The highest BCUT2D eigenvalue weighted by Gasteiger charge is 2.29. The lowest BCUT2D eigenvalue weighted by Crippen LogP contribution is -2.22. The Balaban J connectivity index is 1.74. The summed E-state index contributed by atoms with van der Waals surface area (Å²) in [5.74, 6) is 1.39. The number of nitrogens with zero attached hydrogens (tertiary/aromatic N) is 2. The molecule has 0 amide bonds. The molecule has 2 aromatic heterocycles. The number of hydrogen-bond donors (Lipinski definition) is 0. The fourth-order valence-electron chi connectivity index (χ4n) is 2.72. The molecule has 0 bridgehead atoms. The van der Waals surface area contributed by atoms with Crippen LogP contribution < -0.4 is 0 Å². The first-order valence-corrected chi connectivity index (χ1v) is 8.69. The number of thiophene rings is 1. The van der Waals surface area contributed by atoms with E-state index in [1.165, 1.54) is 21.5 Å². The third-order valence-electron chi connectivity index (χ3n) is 3.81. The summed E-state index contributed by atoms with van der Waals surface area (Å²) < 4.78 is 6.66. The fourth-order valence-corrected chi connectivity index (χ4v) is 4.23. The number of hydrogen-bond acceptors (Lipinski definition) is 4. The largest absolute Gasteiger partial charge is 0.361 e. The maximum Gasteiger partial charge on any atom is 0.139 e. The summed E-state index contributed by atoms with van der Waals surface area (Å²) in [7, 11) is 0. The molecule has 3 rings (SSSR count). The lowest BCUT2D eigenvalue weighted by atomic mass is 10.1. The van der Waals surface area contributed by atoms with E-state index in [0.29, 0.717) is 12.0 Å². The highest BCUT2D eigenvalue weighted by atomic mass is 79.9. The van der Waals surface area contributed by atoms with Gasteiger partial charge in [-0.05, 0) is 47.4 Å². The molecular formula is C15H19BrN2OS. The Labute approximate surface area is 132 Å². The molecule has 1 aliphatic rings. The summed E-state index contributed by atoms with van der Waals surface area (Å²) in [5, 5.41) is 4.29.